The number of hydrogen-bond donors (Lipinski definition) is 2. The van der Waals surface area contributed by atoms with Crippen LogP contribution in [0.25, 0.3) is 0 Å². The Bertz CT molecular complexity index is 571. The number of amides is 1. The number of allylic oxidation sites excluding steroid dienone is 1. The molecule has 7 nitrogen and oxygen atoms in total. The minimum atomic E-state index is -1.10. The number of nitro groups is 1. The summed E-state index contributed by atoms with van der Waals surface area (Å²) in [6.45, 7) is 3.55. The first-order valence-corrected chi connectivity index (χ1v) is 6.80. The van der Waals surface area contributed by atoms with Crippen molar-refractivity contribution in [2.24, 2.45) is 0 Å². The number of unbranched alkanes of at least 4 members (excludes halogenated alkanes) is 1. The molecule has 0 fully saturated rings. The van der Waals surface area contributed by atoms with Crippen molar-refractivity contribution in [3.63, 3.8) is 0 Å². The van der Waals surface area contributed by atoms with Gasteiger partial charge in [0.2, 0.25) is 5.91 Å². The fraction of sp³-hybridized carbons (Fsp3) is 0.333. The average Bonchev–Trinajstić information content (AvgIpc) is 2.46. The standard InChI is InChI=1S/C15H18N2O5/c1-2-3-4-8-13(15(19)20)16-14(18)10-11-6-5-7-12(9-11)17(21)22/h2,5-7,9,13H,1,3-4,8,10H2,(H,16,18)(H,19,20)/t13-/m1/s1. The molecule has 0 saturated carbocycles. The van der Waals surface area contributed by atoms with E-state index in [-0.39, 0.29) is 12.1 Å². The summed E-state index contributed by atoms with van der Waals surface area (Å²) in [6.07, 6.45) is 3.17. The van der Waals surface area contributed by atoms with E-state index in [4.69, 9.17) is 5.11 Å². The highest BCUT2D eigenvalue weighted by Gasteiger charge is 2.19. The first kappa shape index (κ1) is 17.4. The number of carboxylic acid groups (broad SMARTS) is 1. The van der Waals surface area contributed by atoms with Crippen LogP contribution in [0.3, 0.4) is 0 Å². The van der Waals surface area contributed by atoms with E-state index in [9.17, 15) is 19.7 Å². The lowest BCUT2D eigenvalue weighted by Crippen LogP contribution is -2.41. The van der Waals surface area contributed by atoms with Gasteiger partial charge in [-0.3, -0.25) is 14.9 Å². The predicted octanol–water partition coefficient (Wildman–Crippen LogP) is 2.06. The molecule has 1 aromatic rings. The first-order chi connectivity index (χ1) is 10.4. The van der Waals surface area contributed by atoms with Gasteiger partial charge in [0, 0.05) is 12.1 Å². The number of nitrogens with one attached hydrogen (secondary N) is 1. The van der Waals surface area contributed by atoms with E-state index >= 15 is 0 Å². The van der Waals surface area contributed by atoms with Crippen molar-refractivity contribution in [2.75, 3.05) is 0 Å². The van der Waals surface area contributed by atoms with Crippen molar-refractivity contribution in [1.29, 1.82) is 0 Å². The number of hydrogen-bond acceptors (Lipinski definition) is 4. The van der Waals surface area contributed by atoms with Gasteiger partial charge in [0.05, 0.1) is 11.3 Å². The summed E-state index contributed by atoms with van der Waals surface area (Å²) in [5.74, 6) is -1.58. The second-order valence-electron chi connectivity index (χ2n) is 4.78. The van der Waals surface area contributed by atoms with Gasteiger partial charge in [0.25, 0.3) is 5.69 Å². The lowest BCUT2D eigenvalue weighted by Gasteiger charge is -2.14. The Balaban J connectivity index is 2.63. The molecular weight excluding hydrogens is 288 g/mol. The molecule has 0 bridgehead atoms. The van der Waals surface area contributed by atoms with Crippen molar-refractivity contribution in [3.8, 4) is 0 Å². The highest BCUT2D eigenvalue weighted by molar-refractivity contribution is 5.84. The molecule has 0 aliphatic carbocycles. The minimum absolute atomic E-state index is 0.104. The quantitative estimate of drug-likeness (QED) is 0.314. The van der Waals surface area contributed by atoms with E-state index in [1.54, 1.807) is 12.1 Å². The van der Waals surface area contributed by atoms with Crippen LogP contribution in [0, 0.1) is 10.1 Å². The molecule has 1 atom stereocenters. The van der Waals surface area contributed by atoms with E-state index in [0.29, 0.717) is 24.8 Å². The zero-order valence-electron chi connectivity index (χ0n) is 12.0. The third kappa shape index (κ3) is 5.74. The highest BCUT2D eigenvalue weighted by atomic mass is 16.6. The number of nitro benzene ring substituents is 1. The number of rotatable bonds is 9. The Morgan fingerprint density at radius 2 is 2.18 bits per heavy atom. The van der Waals surface area contributed by atoms with Gasteiger partial charge in [-0.05, 0) is 24.8 Å². The van der Waals surface area contributed by atoms with Crippen molar-refractivity contribution in [1.82, 2.24) is 5.32 Å². The molecule has 118 valence electrons. The minimum Gasteiger partial charge on any atom is -0.480 e. The summed E-state index contributed by atoms with van der Waals surface area (Å²) in [5.41, 5.74) is 0.355. The maximum atomic E-state index is 11.9. The van der Waals surface area contributed by atoms with Crippen LogP contribution in [-0.2, 0) is 16.0 Å². The van der Waals surface area contributed by atoms with E-state index < -0.39 is 22.8 Å². The van der Waals surface area contributed by atoms with E-state index in [0.717, 1.165) is 0 Å². The maximum Gasteiger partial charge on any atom is 0.326 e. The van der Waals surface area contributed by atoms with E-state index in [2.05, 4.69) is 11.9 Å². The van der Waals surface area contributed by atoms with Crippen LogP contribution in [0.5, 0.6) is 0 Å². The van der Waals surface area contributed by atoms with Crippen LogP contribution >= 0.6 is 0 Å². The lowest BCUT2D eigenvalue weighted by atomic mass is 10.1. The van der Waals surface area contributed by atoms with Crippen LogP contribution in [0.1, 0.15) is 24.8 Å². The lowest BCUT2D eigenvalue weighted by molar-refractivity contribution is -0.384. The monoisotopic (exact) mass is 306 g/mol. The fourth-order valence-electron chi connectivity index (χ4n) is 1.93. The fourth-order valence-corrected chi connectivity index (χ4v) is 1.93. The summed E-state index contributed by atoms with van der Waals surface area (Å²) in [5, 5.41) is 22.2. The number of aliphatic carboxylic acids is 1. The SMILES string of the molecule is C=CCCC[C@@H](NC(=O)Cc1cccc([N+](=O)[O-])c1)C(=O)O. The first-order valence-electron chi connectivity index (χ1n) is 6.80. The molecule has 1 rings (SSSR count). The van der Waals surface area contributed by atoms with Gasteiger partial charge in [-0.15, -0.1) is 6.58 Å². The van der Waals surface area contributed by atoms with Crippen LogP contribution in [0.15, 0.2) is 36.9 Å². The van der Waals surface area contributed by atoms with Crippen LogP contribution in [0.2, 0.25) is 0 Å². The summed E-state index contributed by atoms with van der Waals surface area (Å²) in [7, 11) is 0. The number of carbonyl (C=O) groups is 2. The largest absolute Gasteiger partial charge is 0.480 e. The van der Waals surface area contributed by atoms with Gasteiger partial charge in [-0.25, -0.2) is 4.79 Å². The highest BCUT2D eigenvalue weighted by Crippen LogP contribution is 2.13. The number of nitrogens with zero attached hydrogens (tertiary/aromatic N) is 1. The molecule has 0 spiro atoms. The Kier molecular flexibility index (Phi) is 6.75. The molecule has 7 heteroatoms. The number of carbonyl (C=O) groups excluding carboxylic acids is 1. The van der Waals surface area contributed by atoms with Crippen molar-refractivity contribution >= 4 is 17.6 Å². The zero-order chi connectivity index (χ0) is 16.5. The molecule has 0 aliphatic rings. The molecule has 2 N–H and O–H groups in total. The predicted molar refractivity (Wildman–Crippen MR) is 80.4 cm³/mol. The molecule has 0 aromatic heterocycles. The molecule has 0 heterocycles. The van der Waals surface area contributed by atoms with Gasteiger partial charge in [0.15, 0.2) is 0 Å². The normalized spacial score (nSPS) is 11.5. The smallest absolute Gasteiger partial charge is 0.326 e. The molecule has 1 aromatic carbocycles. The van der Waals surface area contributed by atoms with Crippen molar-refractivity contribution in [2.45, 2.75) is 31.7 Å². The second-order valence-corrected chi connectivity index (χ2v) is 4.78. The van der Waals surface area contributed by atoms with E-state index in [1.807, 2.05) is 0 Å². The third-order valence-corrected chi connectivity index (χ3v) is 3.02. The van der Waals surface area contributed by atoms with E-state index in [1.165, 1.54) is 18.2 Å². The average molecular weight is 306 g/mol. The molecule has 0 radical (unpaired) electrons. The third-order valence-electron chi connectivity index (χ3n) is 3.02. The molecule has 1 amide bonds. The van der Waals surface area contributed by atoms with Gasteiger partial charge in [0.1, 0.15) is 6.04 Å². The Morgan fingerprint density at radius 1 is 1.45 bits per heavy atom. The molecule has 0 saturated heterocycles. The van der Waals surface area contributed by atoms with Gasteiger partial charge >= 0.3 is 5.97 Å². The zero-order valence-corrected chi connectivity index (χ0v) is 12.0. The van der Waals surface area contributed by atoms with Gasteiger partial charge in [-0.2, -0.15) is 0 Å². The number of non-ortho nitro benzene ring substituents is 1. The topological polar surface area (TPSA) is 110 Å². The molecule has 22 heavy (non-hydrogen) atoms. The second kappa shape index (κ2) is 8.56. The van der Waals surface area contributed by atoms with Gasteiger partial charge < -0.3 is 10.4 Å². The Labute approximate surface area is 127 Å². The summed E-state index contributed by atoms with van der Waals surface area (Å²) in [6, 6.07) is 4.73. The summed E-state index contributed by atoms with van der Waals surface area (Å²) >= 11 is 0. The maximum absolute atomic E-state index is 11.9. The van der Waals surface area contributed by atoms with Crippen LogP contribution in [0.4, 0.5) is 5.69 Å². The van der Waals surface area contributed by atoms with Crippen LogP contribution < -0.4 is 5.32 Å². The van der Waals surface area contributed by atoms with Crippen molar-refractivity contribution in [3.05, 3.63) is 52.6 Å². The Hall–Kier alpha value is -2.70. The van der Waals surface area contributed by atoms with Gasteiger partial charge in [-0.1, -0.05) is 18.2 Å². The molecule has 0 aliphatic heterocycles. The summed E-state index contributed by atoms with van der Waals surface area (Å²) < 4.78 is 0. The molecular formula is C15H18N2O5. The summed E-state index contributed by atoms with van der Waals surface area (Å²) in [4.78, 5) is 33.1. The van der Waals surface area contributed by atoms with Crippen molar-refractivity contribution < 1.29 is 19.6 Å². The van der Waals surface area contributed by atoms with Crippen LogP contribution in [-0.4, -0.2) is 27.9 Å². The molecule has 0 unspecified atom stereocenters. The number of benzene rings is 1. The number of carboxylic acids is 1. The Morgan fingerprint density at radius 3 is 2.77 bits per heavy atom.